The first-order valence-electron chi connectivity index (χ1n) is 6.09. The summed E-state index contributed by atoms with van der Waals surface area (Å²) in [5.74, 6) is -1.44. The molecular formula is C13H16N2O5. The topological polar surface area (TPSA) is 98.5 Å². The van der Waals surface area contributed by atoms with Gasteiger partial charge in [0, 0.05) is 11.8 Å². The van der Waals surface area contributed by atoms with E-state index in [1.807, 2.05) is 0 Å². The third kappa shape index (κ3) is 4.04. The predicted molar refractivity (Wildman–Crippen MR) is 70.4 cm³/mol. The summed E-state index contributed by atoms with van der Waals surface area (Å²) >= 11 is 0. The molecule has 20 heavy (non-hydrogen) atoms. The molecule has 7 nitrogen and oxygen atoms in total. The van der Waals surface area contributed by atoms with Crippen LogP contribution in [0.15, 0.2) is 30.3 Å². The van der Waals surface area contributed by atoms with E-state index in [2.05, 4.69) is 5.32 Å². The Labute approximate surface area is 116 Å². The number of ether oxygens (including phenoxy) is 1. The van der Waals surface area contributed by atoms with Crippen LogP contribution in [0.4, 0.5) is 0 Å². The second kappa shape index (κ2) is 7.22. The van der Waals surface area contributed by atoms with Crippen LogP contribution in [0.25, 0.3) is 0 Å². The van der Waals surface area contributed by atoms with Gasteiger partial charge in [-0.15, -0.1) is 0 Å². The number of carbonyl (C=O) groups excluding carboxylic acids is 2. The lowest BCUT2D eigenvalue weighted by atomic mass is 9.99. The summed E-state index contributed by atoms with van der Waals surface area (Å²) in [7, 11) is 0. The van der Waals surface area contributed by atoms with Crippen LogP contribution in [0.1, 0.15) is 25.5 Å². The number of nitrogens with one attached hydrogen (secondary N) is 1. The van der Waals surface area contributed by atoms with E-state index in [4.69, 9.17) is 4.74 Å². The summed E-state index contributed by atoms with van der Waals surface area (Å²) in [4.78, 5) is 33.4. The van der Waals surface area contributed by atoms with E-state index in [9.17, 15) is 19.7 Å². The number of benzene rings is 1. The average molecular weight is 280 g/mol. The Hall–Kier alpha value is -2.44. The molecule has 0 aromatic heterocycles. The minimum Gasteiger partial charge on any atom is -0.461 e. The van der Waals surface area contributed by atoms with Crippen LogP contribution in [-0.4, -0.2) is 29.4 Å². The lowest BCUT2D eigenvalue weighted by Gasteiger charge is -2.20. The second-order valence-electron chi connectivity index (χ2n) is 4.07. The van der Waals surface area contributed by atoms with Gasteiger partial charge in [0.2, 0.25) is 5.91 Å². The highest BCUT2D eigenvalue weighted by Crippen LogP contribution is 2.20. The summed E-state index contributed by atoms with van der Waals surface area (Å²) in [5, 5.41) is 13.6. The smallest absolute Gasteiger partial charge is 0.384 e. The fraction of sp³-hybridized carbons (Fsp3) is 0.385. The molecule has 0 radical (unpaired) electrons. The van der Waals surface area contributed by atoms with E-state index in [-0.39, 0.29) is 6.61 Å². The first kappa shape index (κ1) is 15.6. The van der Waals surface area contributed by atoms with Gasteiger partial charge in [0.05, 0.1) is 6.61 Å². The Morgan fingerprint density at radius 2 is 1.95 bits per heavy atom. The first-order valence-corrected chi connectivity index (χ1v) is 6.09. The molecule has 1 rings (SSSR count). The van der Waals surface area contributed by atoms with Gasteiger partial charge in [0.1, 0.15) is 6.04 Å². The molecule has 1 aromatic rings. The molecule has 1 N–H and O–H groups in total. The highest BCUT2D eigenvalue weighted by molar-refractivity contribution is 5.78. The Bertz CT molecular complexity index is 489. The molecule has 0 saturated heterocycles. The van der Waals surface area contributed by atoms with Crippen molar-refractivity contribution >= 4 is 11.9 Å². The third-order valence-corrected chi connectivity index (χ3v) is 2.59. The summed E-state index contributed by atoms with van der Waals surface area (Å²) in [6.07, 6.45) is 0. The molecule has 108 valence electrons. The van der Waals surface area contributed by atoms with Crippen molar-refractivity contribution < 1.29 is 19.2 Å². The molecule has 7 heteroatoms. The number of hydrogen-bond acceptors (Lipinski definition) is 5. The molecule has 0 aliphatic heterocycles. The van der Waals surface area contributed by atoms with E-state index in [1.165, 1.54) is 6.92 Å². The number of hydrogen-bond donors (Lipinski definition) is 1. The van der Waals surface area contributed by atoms with Gasteiger partial charge >= 0.3 is 12.0 Å². The SMILES string of the molecule is CCOC(=O)[C@H]([C@H](NC(C)=O)c1ccccc1)[N+](=O)[O-]. The second-order valence-corrected chi connectivity index (χ2v) is 4.07. The van der Waals surface area contributed by atoms with E-state index in [1.54, 1.807) is 37.3 Å². The molecule has 0 bridgehead atoms. The molecular weight excluding hydrogens is 264 g/mol. The van der Waals surface area contributed by atoms with Crippen LogP contribution in [-0.2, 0) is 14.3 Å². The molecule has 1 amide bonds. The van der Waals surface area contributed by atoms with Gasteiger partial charge in [-0.1, -0.05) is 30.3 Å². The Balaban J connectivity index is 3.15. The number of amides is 1. The summed E-state index contributed by atoms with van der Waals surface area (Å²) in [5.41, 5.74) is 0.470. The fourth-order valence-electron chi connectivity index (χ4n) is 1.80. The Morgan fingerprint density at radius 1 is 1.35 bits per heavy atom. The maximum Gasteiger partial charge on any atom is 0.384 e. The van der Waals surface area contributed by atoms with Gasteiger partial charge in [-0.3, -0.25) is 14.9 Å². The van der Waals surface area contributed by atoms with Crippen molar-refractivity contribution in [3.63, 3.8) is 0 Å². The Morgan fingerprint density at radius 3 is 2.40 bits per heavy atom. The predicted octanol–water partition coefficient (Wildman–Crippen LogP) is 1.07. The molecule has 0 aliphatic carbocycles. The van der Waals surface area contributed by atoms with Gasteiger partial charge in [-0.05, 0) is 12.5 Å². The van der Waals surface area contributed by atoms with Gasteiger partial charge in [-0.25, -0.2) is 4.79 Å². The first-order chi connectivity index (χ1) is 9.47. The quantitative estimate of drug-likeness (QED) is 0.477. The van der Waals surface area contributed by atoms with Crippen molar-refractivity contribution in [3.05, 3.63) is 46.0 Å². The molecule has 0 saturated carbocycles. The van der Waals surface area contributed by atoms with Gasteiger partial charge in [0.25, 0.3) is 0 Å². The van der Waals surface area contributed by atoms with E-state index < -0.39 is 28.9 Å². The van der Waals surface area contributed by atoms with Crippen LogP contribution < -0.4 is 5.32 Å². The number of rotatable bonds is 6. The van der Waals surface area contributed by atoms with Crippen LogP contribution >= 0.6 is 0 Å². The largest absolute Gasteiger partial charge is 0.461 e. The van der Waals surface area contributed by atoms with Crippen molar-refractivity contribution in [1.29, 1.82) is 0 Å². The van der Waals surface area contributed by atoms with Crippen molar-refractivity contribution in [2.45, 2.75) is 25.9 Å². The molecule has 1 aromatic carbocycles. The van der Waals surface area contributed by atoms with Crippen molar-refractivity contribution in [3.8, 4) is 0 Å². The minimum atomic E-state index is -1.68. The maximum absolute atomic E-state index is 11.8. The normalized spacial score (nSPS) is 13.1. The molecule has 2 atom stereocenters. The Kier molecular flexibility index (Phi) is 5.64. The van der Waals surface area contributed by atoms with Crippen LogP contribution in [0.3, 0.4) is 0 Å². The number of esters is 1. The van der Waals surface area contributed by atoms with Crippen LogP contribution in [0.5, 0.6) is 0 Å². The van der Waals surface area contributed by atoms with E-state index in [0.717, 1.165) is 0 Å². The van der Waals surface area contributed by atoms with Crippen molar-refractivity contribution in [2.24, 2.45) is 0 Å². The van der Waals surface area contributed by atoms with Crippen molar-refractivity contribution in [2.75, 3.05) is 6.61 Å². The standard InChI is InChI=1S/C13H16N2O5/c1-3-20-13(17)12(15(18)19)11(14-9(2)16)10-7-5-4-6-8-10/h4-8,11-12H,3H2,1-2H3,(H,14,16)/t11-,12+/m1/s1. The zero-order chi connectivity index (χ0) is 15.1. The maximum atomic E-state index is 11.8. The van der Waals surface area contributed by atoms with Crippen molar-refractivity contribution in [1.82, 2.24) is 5.32 Å². The minimum absolute atomic E-state index is 0.0325. The summed E-state index contributed by atoms with van der Waals surface area (Å²) in [6, 6.07) is 5.55. The molecule has 0 aliphatic rings. The number of nitro groups is 1. The molecule has 0 heterocycles. The number of carbonyl (C=O) groups is 2. The lowest BCUT2D eigenvalue weighted by molar-refractivity contribution is -0.515. The van der Waals surface area contributed by atoms with Gasteiger partial charge in [-0.2, -0.15) is 0 Å². The van der Waals surface area contributed by atoms with Gasteiger partial charge < -0.3 is 10.1 Å². The molecule has 0 spiro atoms. The van der Waals surface area contributed by atoms with Gasteiger partial charge in [0.15, 0.2) is 0 Å². The monoisotopic (exact) mass is 280 g/mol. The lowest BCUT2D eigenvalue weighted by Crippen LogP contribution is -2.45. The zero-order valence-corrected chi connectivity index (χ0v) is 11.2. The highest BCUT2D eigenvalue weighted by Gasteiger charge is 2.41. The van der Waals surface area contributed by atoms with E-state index >= 15 is 0 Å². The highest BCUT2D eigenvalue weighted by atomic mass is 16.6. The van der Waals surface area contributed by atoms with E-state index in [0.29, 0.717) is 5.56 Å². The summed E-state index contributed by atoms with van der Waals surface area (Å²) < 4.78 is 4.72. The number of nitrogens with zero attached hydrogens (tertiary/aromatic N) is 1. The fourth-order valence-corrected chi connectivity index (χ4v) is 1.80. The summed E-state index contributed by atoms with van der Waals surface area (Å²) in [6.45, 7) is 2.83. The van der Waals surface area contributed by atoms with Crippen LogP contribution in [0, 0.1) is 10.1 Å². The zero-order valence-electron chi connectivity index (χ0n) is 11.2. The average Bonchev–Trinajstić information content (AvgIpc) is 2.38. The molecule has 0 fully saturated rings. The van der Waals surface area contributed by atoms with Crippen LogP contribution in [0.2, 0.25) is 0 Å². The third-order valence-electron chi connectivity index (χ3n) is 2.59. The molecule has 0 unspecified atom stereocenters.